The van der Waals surface area contributed by atoms with Crippen LogP contribution in [0.25, 0.3) is 11.1 Å². The van der Waals surface area contributed by atoms with E-state index < -0.39 is 11.4 Å². The lowest BCUT2D eigenvalue weighted by molar-refractivity contribution is 0.00815. The van der Waals surface area contributed by atoms with Crippen LogP contribution >= 0.6 is 11.6 Å². The van der Waals surface area contributed by atoms with Crippen LogP contribution in [0.2, 0.25) is 5.02 Å². The van der Waals surface area contributed by atoms with Gasteiger partial charge in [0.2, 0.25) is 0 Å². The Kier molecular flexibility index (Phi) is 5.39. The van der Waals surface area contributed by atoms with Gasteiger partial charge in [0.15, 0.2) is 11.7 Å². The van der Waals surface area contributed by atoms with E-state index in [0.29, 0.717) is 11.6 Å². The fraction of sp³-hybridized carbons (Fsp3) is 0.423. The number of hydrogen-bond acceptors (Lipinski definition) is 4. The molecule has 6 heteroatoms. The zero-order chi connectivity index (χ0) is 22.5. The van der Waals surface area contributed by atoms with Crippen LogP contribution < -0.4 is 5.73 Å². The molecule has 1 fully saturated rings. The Hall–Kier alpha value is -2.21. The summed E-state index contributed by atoms with van der Waals surface area (Å²) in [5.74, 6) is -0.414. The van der Waals surface area contributed by atoms with Crippen molar-refractivity contribution in [3.05, 3.63) is 70.0 Å². The van der Waals surface area contributed by atoms with Crippen molar-refractivity contribution < 1.29 is 13.9 Å². The minimum Gasteiger partial charge on any atom is -0.382 e. The van der Waals surface area contributed by atoms with Crippen molar-refractivity contribution in [2.75, 3.05) is 14.2 Å². The molecule has 1 aliphatic heterocycles. The topological polar surface area (TPSA) is 56.8 Å². The van der Waals surface area contributed by atoms with E-state index >= 15 is 0 Å². The number of nitrogens with zero attached hydrogens (tertiary/aromatic N) is 1. The molecule has 1 saturated carbocycles. The zero-order valence-corrected chi connectivity index (χ0v) is 19.2. The smallest absolute Gasteiger partial charge is 0.163 e. The molecule has 1 unspecified atom stereocenters. The minimum absolute atomic E-state index is 0.00151. The van der Waals surface area contributed by atoms with Crippen LogP contribution in [0, 0.1) is 5.41 Å². The maximum absolute atomic E-state index is 14.8. The molecule has 0 aromatic heterocycles. The lowest BCUT2D eigenvalue weighted by Gasteiger charge is -2.45. The van der Waals surface area contributed by atoms with Gasteiger partial charge in [0.1, 0.15) is 5.54 Å². The maximum Gasteiger partial charge on any atom is 0.163 e. The molecule has 0 bridgehead atoms. The molecule has 2 aromatic carbocycles. The van der Waals surface area contributed by atoms with Gasteiger partial charge in [0, 0.05) is 24.7 Å². The van der Waals surface area contributed by atoms with Crippen LogP contribution in [0.15, 0.2) is 53.3 Å². The van der Waals surface area contributed by atoms with Gasteiger partial charge in [-0.2, -0.15) is 0 Å². The number of methoxy groups -OCH3 is 2. The highest BCUT2D eigenvalue weighted by Gasteiger charge is 2.59. The lowest BCUT2D eigenvalue weighted by Crippen LogP contribution is -2.43. The lowest BCUT2D eigenvalue weighted by atomic mass is 9.62. The highest BCUT2D eigenvalue weighted by molar-refractivity contribution is 6.31. The van der Waals surface area contributed by atoms with Crippen molar-refractivity contribution in [3.8, 4) is 11.1 Å². The zero-order valence-electron chi connectivity index (χ0n) is 18.5. The maximum atomic E-state index is 14.8. The molecule has 1 heterocycles. The summed E-state index contributed by atoms with van der Waals surface area (Å²) in [4.78, 5) is 4.81. The Morgan fingerprint density at radius 3 is 2.56 bits per heavy atom. The summed E-state index contributed by atoms with van der Waals surface area (Å²) < 4.78 is 25.7. The quantitative estimate of drug-likeness (QED) is 0.644. The molecule has 0 radical (unpaired) electrons. The summed E-state index contributed by atoms with van der Waals surface area (Å²) in [7, 11) is 3.43. The summed E-state index contributed by atoms with van der Waals surface area (Å²) in [5.41, 5.74) is 10.4. The molecule has 2 spiro atoms. The summed E-state index contributed by atoms with van der Waals surface area (Å²) in [6.07, 6.45) is 6.51. The number of halogens is 2. The summed E-state index contributed by atoms with van der Waals surface area (Å²) >= 11 is 6.39. The van der Waals surface area contributed by atoms with E-state index in [2.05, 4.69) is 24.3 Å². The third-order valence-corrected chi connectivity index (χ3v) is 7.78. The Labute approximate surface area is 193 Å². The summed E-state index contributed by atoms with van der Waals surface area (Å²) in [6.45, 7) is 0.487. The van der Waals surface area contributed by atoms with Gasteiger partial charge in [-0.3, -0.25) is 0 Å². The van der Waals surface area contributed by atoms with E-state index in [0.717, 1.165) is 54.4 Å². The second-order valence-corrected chi connectivity index (χ2v) is 9.74. The first-order chi connectivity index (χ1) is 15.4. The monoisotopic (exact) mass is 454 g/mol. The first kappa shape index (κ1) is 21.6. The second-order valence-electron chi connectivity index (χ2n) is 9.30. The Bertz CT molecular complexity index is 1100. The predicted octanol–water partition coefficient (Wildman–Crippen LogP) is 5.70. The van der Waals surface area contributed by atoms with E-state index in [1.54, 1.807) is 20.3 Å². The molecular formula is C26H28ClFN2O2. The first-order valence-electron chi connectivity index (χ1n) is 11.1. The van der Waals surface area contributed by atoms with Gasteiger partial charge in [0.25, 0.3) is 0 Å². The Morgan fingerprint density at radius 2 is 1.91 bits per heavy atom. The molecule has 3 aliphatic rings. The molecular weight excluding hydrogens is 427 g/mol. The van der Waals surface area contributed by atoms with Gasteiger partial charge in [-0.25, -0.2) is 9.38 Å². The van der Waals surface area contributed by atoms with Crippen LogP contribution in [0.1, 0.15) is 42.4 Å². The van der Waals surface area contributed by atoms with Gasteiger partial charge >= 0.3 is 0 Å². The Balaban J connectivity index is 1.62. The molecule has 4 nitrogen and oxygen atoms in total. The number of ether oxygens (including phenoxy) is 2. The van der Waals surface area contributed by atoms with E-state index in [-0.39, 0.29) is 17.4 Å². The van der Waals surface area contributed by atoms with E-state index in [1.807, 2.05) is 12.1 Å². The number of nitrogens with two attached hydrogens (primary N) is 1. The normalized spacial score (nSPS) is 28.8. The molecule has 1 atom stereocenters. The molecule has 0 saturated heterocycles. The number of amidine groups is 1. The minimum atomic E-state index is -0.765. The number of rotatable bonds is 4. The van der Waals surface area contributed by atoms with Gasteiger partial charge in [0.05, 0.1) is 12.7 Å². The molecule has 2 N–H and O–H groups in total. The van der Waals surface area contributed by atoms with E-state index in [4.69, 9.17) is 31.8 Å². The average molecular weight is 455 g/mol. The van der Waals surface area contributed by atoms with Crippen molar-refractivity contribution >= 4 is 17.4 Å². The molecule has 32 heavy (non-hydrogen) atoms. The van der Waals surface area contributed by atoms with Crippen molar-refractivity contribution in [1.29, 1.82) is 0 Å². The number of fused-ring (bicyclic) bond motifs is 3. The van der Waals surface area contributed by atoms with Crippen LogP contribution in [-0.4, -0.2) is 26.2 Å². The van der Waals surface area contributed by atoms with Gasteiger partial charge < -0.3 is 15.2 Å². The molecule has 0 amide bonds. The fourth-order valence-electron chi connectivity index (χ4n) is 6.00. The highest BCUT2D eigenvalue weighted by atomic mass is 35.5. The Morgan fingerprint density at radius 1 is 1.12 bits per heavy atom. The van der Waals surface area contributed by atoms with Gasteiger partial charge in [-0.15, -0.1) is 0 Å². The molecule has 5 rings (SSSR count). The average Bonchev–Trinajstić information content (AvgIpc) is 3.22. The van der Waals surface area contributed by atoms with E-state index in [1.165, 1.54) is 5.56 Å². The van der Waals surface area contributed by atoms with Crippen LogP contribution in [0.4, 0.5) is 4.39 Å². The number of benzene rings is 2. The van der Waals surface area contributed by atoms with Crippen molar-refractivity contribution in [1.82, 2.24) is 0 Å². The van der Waals surface area contributed by atoms with Crippen LogP contribution in [-0.2, 0) is 28.0 Å². The standard InChI is InChI=1S/C26H28ClFN2O2/c1-31-15-16-9-19(11-20(27)10-16)17-3-4-18-13-25(7-5-21(32-2)6-8-25)26(22(18)12-17)14-23(28)24(29)30-26/h3-4,9-12,14,21H,5-8,13,15H2,1-2H3,(H2,29,30). The van der Waals surface area contributed by atoms with Crippen LogP contribution in [0.3, 0.4) is 0 Å². The summed E-state index contributed by atoms with van der Waals surface area (Å²) in [5, 5.41) is 0.660. The predicted molar refractivity (Wildman–Crippen MR) is 125 cm³/mol. The SMILES string of the molecule is COCc1cc(Cl)cc(-c2ccc3c(c2)C2(C=C(F)C(N)=N2)C2(CCC(OC)CC2)C3)c1. The summed E-state index contributed by atoms with van der Waals surface area (Å²) in [6, 6.07) is 12.4. The molecule has 2 aromatic rings. The first-order valence-corrected chi connectivity index (χ1v) is 11.5. The van der Waals surface area contributed by atoms with Crippen molar-refractivity contribution in [2.24, 2.45) is 16.1 Å². The third kappa shape index (κ3) is 3.30. The fourth-order valence-corrected chi connectivity index (χ4v) is 6.25. The molecule has 168 valence electrons. The van der Waals surface area contributed by atoms with Crippen LogP contribution in [0.5, 0.6) is 0 Å². The second kappa shape index (κ2) is 7.98. The number of aliphatic imine (C=N–C) groups is 1. The van der Waals surface area contributed by atoms with E-state index in [9.17, 15) is 4.39 Å². The highest BCUT2D eigenvalue weighted by Crippen LogP contribution is 2.62. The van der Waals surface area contributed by atoms with Crippen molar-refractivity contribution in [3.63, 3.8) is 0 Å². The largest absolute Gasteiger partial charge is 0.382 e. The molecule has 2 aliphatic carbocycles. The third-order valence-electron chi connectivity index (χ3n) is 7.56. The van der Waals surface area contributed by atoms with Crippen molar-refractivity contribution in [2.45, 2.75) is 50.4 Å². The number of hydrogen-bond donors (Lipinski definition) is 1. The van der Waals surface area contributed by atoms with Gasteiger partial charge in [-0.1, -0.05) is 23.7 Å². The van der Waals surface area contributed by atoms with Gasteiger partial charge in [-0.05, 0) is 90.3 Å².